The van der Waals surface area contributed by atoms with E-state index < -0.39 is 0 Å². The Kier molecular flexibility index (Phi) is 4.98. The van der Waals surface area contributed by atoms with E-state index in [0.717, 1.165) is 31.5 Å². The van der Waals surface area contributed by atoms with Crippen molar-refractivity contribution in [2.45, 2.75) is 58.4 Å². The third kappa shape index (κ3) is 3.29. The van der Waals surface area contributed by atoms with Gasteiger partial charge in [-0.05, 0) is 57.8 Å². The molecular weight excluding hydrogens is 246 g/mol. The predicted molar refractivity (Wildman–Crippen MR) is 84.3 cm³/mol. The zero-order valence-corrected chi connectivity index (χ0v) is 13.1. The summed E-state index contributed by atoms with van der Waals surface area (Å²) in [5, 5.41) is 0. The molecule has 20 heavy (non-hydrogen) atoms. The molecule has 1 heterocycles. The van der Waals surface area contributed by atoms with Gasteiger partial charge in [-0.2, -0.15) is 0 Å². The topological polar surface area (TPSA) is 20.3 Å². The molecule has 0 unspecified atom stereocenters. The maximum absolute atomic E-state index is 12.9. The molecule has 0 atom stereocenters. The largest absolute Gasteiger partial charge is 0.292 e. The van der Waals surface area contributed by atoms with E-state index in [1.54, 1.807) is 0 Å². The minimum atomic E-state index is -0.384. The highest BCUT2D eigenvalue weighted by Crippen LogP contribution is 2.25. The van der Waals surface area contributed by atoms with Crippen LogP contribution in [-0.4, -0.2) is 29.3 Å². The highest BCUT2D eigenvalue weighted by Gasteiger charge is 2.35. The molecule has 0 aliphatic carbocycles. The van der Waals surface area contributed by atoms with Crippen molar-refractivity contribution in [1.82, 2.24) is 4.90 Å². The highest BCUT2D eigenvalue weighted by molar-refractivity contribution is 6.02. The lowest BCUT2D eigenvalue weighted by Gasteiger charge is -2.39. The van der Waals surface area contributed by atoms with Crippen LogP contribution in [0.25, 0.3) is 0 Å². The molecule has 1 aliphatic heterocycles. The number of carbonyl (C=O) groups excluding carboxylic acids is 1. The van der Waals surface area contributed by atoms with Crippen molar-refractivity contribution in [3.05, 3.63) is 35.4 Å². The van der Waals surface area contributed by atoms with Gasteiger partial charge in [0.15, 0.2) is 5.78 Å². The average Bonchev–Trinajstić information content (AvgIpc) is 2.48. The molecule has 0 bridgehead atoms. The van der Waals surface area contributed by atoms with Crippen molar-refractivity contribution in [3.63, 3.8) is 0 Å². The molecule has 1 aromatic carbocycles. The van der Waals surface area contributed by atoms with Crippen LogP contribution in [0.2, 0.25) is 0 Å². The Morgan fingerprint density at radius 3 is 2.55 bits per heavy atom. The number of ketones is 1. The van der Waals surface area contributed by atoms with Crippen molar-refractivity contribution in [2.75, 3.05) is 13.1 Å². The van der Waals surface area contributed by atoms with Crippen LogP contribution in [0.3, 0.4) is 0 Å². The van der Waals surface area contributed by atoms with E-state index in [1.165, 1.54) is 24.8 Å². The fraction of sp³-hybridized carbons (Fsp3) is 0.611. The summed E-state index contributed by atoms with van der Waals surface area (Å²) in [6, 6.07) is 8.18. The Bertz CT molecular complexity index is 458. The van der Waals surface area contributed by atoms with E-state index in [-0.39, 0.29) is 11.3 Å². The van der Waals surface area contributed by atoms with Crippen LogP contribution in [0.5, 0.6) is 0 Å². The Morgan fingerprint density at radius 2 is 1.90 bits per heavy atom. The smallest absolute Gasteiger partial charge is 0.182 e. The number of hydrogen-bond donors (Lipinski definition) is 0. The first-order chi connectivity index (χ1) is 9.55. The Hall–Kier alpha value is -1.15. The molecule has 1 saturated heterocycles. The maximum atomic E-state index is 12.9. The predicted octanol–water partition coefficient (Wildman–Crippen LogP) is 4.09. The third-order valence-electron chi connectivity index (χ3n) is 4.43. The fourth-order valence-electron chi connectivity index (χ4n) is 3.11. The van der Waals surface area contributed by atoms with E-state index in [2.05, 4.69) is 37.8 Å². The molecule has 0 aromatic heterocycles. The quantitative estimate of drug-likeness (QED) is 0.753. The summed E-state index contributed by atoms with van der Waals surface area (Å²) in [5.74, 6) is 0.261. The molecule has 1 aromatic rings. The number of Topliss-reactive ketones (excluding diaryl/α,β-unsaturated/α-hetero) is 1. The van der Waals surface area contributed by atoms with Gasteiger partial charge >= 0.3 is 0 Å². The number of rotatable bonds is 5. The molecule has 2 heteroatoms. The van der Waals surface area contributed by atoms with Crippen LogP contribution in [0, 0.1) is 0 Å². The first-order valence-electron chi connectivity index (χ1n) is 7.94. The Balaban J connectivity index is 2.18. The van der Waals surface area contributed by atoms with Crippen molar-refractivity contribution >= 4 is 5.78 Å². The third-order valence-corrected chi connectivity index (χ3v) is 4.43. The number of benzene rings is 1. The number of nitrogens with zero attached hydrogens (tertiary/aromatic N) is 1. The SMILES string of the molecule is CCCc1cccc(C(=O)C(C)(C)N2CCCCC2)c1. The lowest BCUT2D eigenvalue weighted by Crippen LogP contribution is -2.52. The van der Waals surface area contributed by atoms with Gasteiger partial charge in [-0.1, -0.05) is 38.0 Å². The van der Waals surface area contributed by atoms with Crippen LogP contribution in [0.1, 0.15) is 62.4 Å². The summed E-state index contributed by atoms with van der Waals surface area (Å²) < 4.78 is 0. The molecular formula is C18H27NO. The summed E-state index contributed by atoms with van der Waals surface area (Å²) in [7, 11) is 0. The number of piperidine rings is 1. The Labute approximate surface area is 123 Å². The molecule has 0 saturated carbocycles. The molecule has 1 aliphatic rings. The minimum Gasteiger partial charge on any atom is -0.292 e. The van der Waals surface area contributed by atoms with Gasteiger partial charge in [0.2, 0.25) is 0 Å². The lowest BCUT2D eigenvalue weighted by atomic mass is 9.88. The first kappa shape index (κ1) is 15.2. The summed E-state index contributed by atoms with van der Waals surface area (Å²) in [6.45, 7) is 8.42. The molecule has 2 nitrogen and oxygen atoms in total. The summed E-state index contributed by atoms with van der Waals surface area (Å²) in [5.41, 5.74) is 1.75. The van der Waals surface area contributed by atoms with Gasteiger partial charge < -0.3 is 0 Å². The van der Waals surface area contributed by atoms with Crippen LogP contribution in [0.15, 0.2) is 24.3 Å². The van der Waals surface area contributed by atoms with Gasteiger partial charge in [0.1, 0.15) is 0 Å². The number of carbonyl (C=O) groups is 1. The molecule has 0 N–H and O–H groups in total. The monoisotopic (exact) mass is 273 g/mol. The molecule has 0 amide bonds. The van der Waals surface area contributed by atoms with Crippen molar-refractivity contribution in [1.29, 1.82) is 0 Å². The average molecular weight is 273 g/mol. The highest BCUT2D eigenvalue weighted by atomic mass is 16.1. The van der Waals surface area contributed by atoms with Crippen molar-refractivity contribution < 1.29 is 4.79 Å². The van der Waals surface area contributed by atoms with Crippen LogP contribution in [-0.2, 0) is 6.42 Å². The fourth-order valence-corrected chi connectivity index (χ4v) is 3.11. The lowest BCUT2D eigenvalue weighted by molar-refractivity contribution is 0.0579. The van der Waals surface area contributed by atoms with E-state index in [0.29, 0.717) is 0 Å². The van der Waals surface area contributed by atoms with Crippen LogP contribution < -0.4 is 0 Å². The molecule has 2 rings (SSSR count). The van der Waals surface area contributed by atoms with E-state index in [1.807, 2.05) is 12.1 Å². The summed E-state index contributed by atoms with van der Waals surface area (Å²) in [4.78, 5) is 15.2. The second-order valence-corrected chi connectivity index (χ2v) is 6.39. The normalized spacial score (nSPS) is 17.1. The zero-order valence-electron chi connectivity index (χ0n) is 13.1. The van der Waals surface area contributed by atoms with E-state index in [4.69, 9.17) is 0 Å². The maximum Gasteiger partial charge on any atom is 0.182 e. The van der Waals surface area contributed by atoms with Crippen LogP contribution >= 0.6 is 0 Å². The zero-order chi connectivity index (χ0) is 14.6. The van der Waals surface area contributed by atoms with Gasteiger partial charge in [0.05, 0.1) is 5.54 Å². The number of aryl methyl sites for hydroxylation is 1. The van der Waals surface area contributed by atoms with Gasteiger partial charge in [-0.15, -0.1) is 0 Å². The second-order valence-electron chi connectivity index (χ2n) is 6.39. The summed E-state index contributed by atoms with van der Waals surface area (Å²) in [6.07, 6.45) is 5.89. The first-order valence-corrected chi connectivity index (χ1v) is 7.94. The van der Waals surface area contributed by atoms with E-state index in [9.17, 15) is 4.79 Å². The molecule has 1 fully saturated rings. The second kappa shape index (κ2) is 6.53. The summed E-state index contributed by atoms with van der Waals surface area (Å²) >= 11 is 0. The van der Waals surface area contributed by atoms with Gasteiger partial charge in [0.25, 0.3) is 0 Å². The van der Waals surface area contributed by atoms with Crippen molar-refractivity contribution in [3.8, 4) is 0 Å². The molecule has 0 radical (unpaired) electrons. The number of hydrogen-bond acceptors (Lipinski definition) is 2. The molecule has 110 valence electrons. The van der Waals surface area contributed by atoms with Crippen LogP contribution in [0.4, 0.5) is 0 Å². The van der Waals surface area contributed by atoms with Gasteiger partial charge in [0, 0.05) is 5.56 Å². The molecule has 0 spiro atoms. The van der Waals surface area contributed by atoms with Gasteiger partial charge in [-0.3, -0.25) is 9.69 Å². The standard InChI is InChI=1S/C18H27NO/c1-4-9-15-10-8-11-16(14-15)17(20)18(2,3)19-12-6-5-7-13-19/h8,10-11,14H,4-7,9,12-13H2,1-3H3. The minimum absolute atomic E-state index is 0.261. The van der Waals surface area contributed by atoms with E-state index >= 15 is 0 Å². The van der Waals surface area contributed by atoms with Gasteiger partial charge in [-0.25, -0.2) is 0 Å². The Morgan fingerprint density at radius 1 is 1.20 bits per heavy atom. The number of likely N-dealkylation sites (tertiary alicyclic amines) is 1. The van der Waals surface area contributed by atoms with Crippen molar-refractivity contribution in [2.24, 2.45) is 0 Å².